The zero-order valence-corrected chi connectivity index (χ0v) is 11.1. The Bertz CT molecular complexity index is 263. The number of hydrogen-bond donors (Lipinski definition) is 1. The summed E-state index contributed by atoms with van der Waals surface area (Å²) < 4.78 is 0. The molecule has 2 atom stereocenters. The van der Waals surface area contributed by atoms with Crippen molar-refractivity contribution in [1.82, 2.24) is 15.1 Å². The Morgan fingerprint density at radius 2 is 2.12 bits per heavy atom. The van der Waals surface area contributed by atoms with Gasteiger partial charge in [-0.15, -0.1) is 0 Å². The molecule has 0 saturated carbocycles. The molecular formula is C13H25N3O. The Morgan fingerprint density at radius 3 is 2.76 bits per heavy atom. The number of carbonyl (C=O) groups excluding carboxylic acids is 1. The van der Waals surface area contributed by atoms with Gasteiger partial charge < -0.3 is 4.90 Å². The van der Waals surface area contributed by atoms with E-state index in [4.69, 9.17) is 0 Å². The number of amides is 1. The lowest BCUT2D eigenvalue weighted by Gasteiger charge is -2.31. The van der Waals surface area contributed by atoms with Gasteiger partial charge >= 0.3 is 0 Å². The van der Waals surface area contributed by atoms with E-state index in [0.29, 0.717) is 12.6 Å². The SMILES string of the molecule is CCCC1NCC(=O)N1CC(C)N1CCCC1. The van der Waals surface area contributed by atoms with Gasteiger partial charge in [-0.05, 0) is 39.3 Å². The van der Waals surface area contributed by atoms with Crippen LogP contribution in [-0.4, -0.2) is 54.1 Å². The van der Waals surface area contributed by atoms with E-state index >= 15 is 0 Å². The lowest BCUT2D eigenvalue weighted by Crippen LogP contribution is -2.46. The van der Waals surface area contributed by atoms with E-state index in [0.717, 1.165) is 19.4 Å². The van der Waals surface area contributed by atoms with Gasteiger partial charge in [0.2, 0.25) is 5.91 Å². The van der Waals surface area contributed by atoms with E-state index in [-0.39, 0.29) is 12.1 Å². The second-order valence-electron chi connectivity index (χ2n) is 5.32. The van der Waals surface area contributed by atoms with E-state index in [9.17, 15) is 4.79 Å². The fourth-order valence-electron chi connectivity index (χ4n) is 2.93. The van der Waals surface area contributed by atoms with Crippen LogP contribution in [0.2, 0.25) is 0 Å². The van der Waals surface area contributed by atoms with E-state index < -0.39 is 0 Å². The third-order valence-corrected chi connectivity index (χ3v) is 3.97. The summed E-state index contributed by atoms with van der Waals surface area (Å²) >= 11 is 0. The molecule has 0 aromatic rings. The Balaban J connectivity index is 1.88. The molecule has 0 spiro atoms. The number of likely N-dealkylation sites (tertiary alicyclic amines) is 1. The topological polar surface area (TPSA) is 35.6 Å². The van der Waals surface area contributed by atoms with Crippen LogP contribution in [0.5, 0.6) is 0 Å². The van der Waals surface area contributed by atoms with E-state index in [1.807, 2.05) is 4.90 Å². The van der Waals surface area contributed by atoms with Crippen LogP contribution in [0.3, 0.4) is 0 Å². The highest BCUT2D eigenvalue weighted by atomic mass is 16.2. The highest BCUT2D eigenvalue weighted by Crippen LogP contribution is 2.16. The van der Waals surface area contributed by atoms with Crippen molar-refractivity contribution in [2.24, 2.45) is 0 Å². The van der Waals surface area contributed by atoms with Crippen molar-refractivity contribution in [1.29, 1.82) is 0 Å². The number of nitrogens with zero attached hydrogens (tertiary/aromatic N) is 2. The molecule has 0 bridgehead atoms. The monoisotopic (exact) mass is 239 g/mol. The second kappa shape index (κ2) is 5.83. The largest absolute Gasteiger partial charge is 0.324 e. The van der Waals surface area contributed by atoms with E-state index in [2.05, 4.69) is 24.1 Å². The highest BCUT2D eigenvalue weighted by Gasteiger charge is 2.32. The van der Waals surface area contributed by atoms with Gasteiger partial charge in [-0.3, -0.25) is 15.0 Å². The van der Waals surface area contributed by atoms with Crippen LogP contribution in [0.1, 0.15) is 39.5 Å². The van der Waals surface area contributed by atoms with Crippen LogP contribution in [-0.2, 0) is 4.79 Å². The molecule has 1 amide bonds. The average Bonchev–Trinajstić information content (AvgIpc) is 2.93. The van der Waals surface area contributed by atoms with Gasteiger partial charge in [-0.1, -0.05) is 13.3 Å². The molecule has 2 saturated heterocycles. The van der Waals surface area contributed by atoms with Crippen molar-refractivity contribution in [3.8, 4) is 0 Å². The van der Waals surface area contributed by atoms with Crippen molar-refractivity contribution >= 4 is 5.91 Å². The Labute approximate surface area is 104 Å². The van der Waals surface area contributed by atoms with Gasteiger partial charge in [0.25, 0.3) is 0 Å². The van der Waals surface area contributed by atoms with Crippen molar-refractivity contribution < 1.29 is 4.79 Å². The van der Waals surface area contributed by atoms with Crippen molar-refractivity contribution in [2.75, 3.05) is 26.2 Å². The van der Waals surface area contributed by atoms with Gasteiger partial charge in [0.1, 0.15) is 0 Å². The Morgan fingerprint density at radius 1 is 1.41 bits per heavy atom. The minimum atomic E-state index is 0.273. The second-order valence-corrected chi connectivity index (χ2v) is 5.32. The molecule has 2 aliphatic rings. The summed E-state index contributed by atoms with van der Waals surface area (Å²) in [6.45, 7) is 8.24. The van der Waals surface area contributed by atoms with Crippen molar-refractivity contribution in [3.05, 3.63) is 0 Å². The van der Waals surface area contributed by atoms with E-state index in [1.165, 1.54) is 25.9 Å². The molecule has 2 unspecified atom stereocenters. The first-order valence-corrected chi connectivity index (χ1v) is 6.99. The summed E-state index contributed by atoms with van der Waals surface area (Å²) in [6.07, 6.45) is 5.10. The van der Waals surface area contributed by atoms with Gasteiger partial charge in [-0.25, -0.2) is 0 Å². The molecular weight excluding hydrogens is 214 g/mol. The van der Waals surface area contributed by atoms with Gasteiger partial charge in [0.05, 0.1) is 12.7 Å². The van der Waals surface area contributed by atoms with Crippen molar-refractivity contribution in [2.45, 2.75) is 51.7 Å². The first kappa shape index (κ1) is 12.8. The molecule has 4 heteroatoms. The molecule has 0 aromatic carbocycles. The first-order chi connectivity index (χ1) is 8.22. The third-order valence-electron chi connectivity index (χ3n) is 3.97. The number of carbonyl (C=O) groups is 1. The number of rotatable bonds is 5. The summed E-state index contributed by atoms with van der Waals surface area (Å²) in [5, 5.41) is 3.31. The van der Waals surface area contributed by atoms with Gasteiger partial charge in [0.15, 0.2) is 0 Å². The van der Waals surface area contributed by atoms with E-state index in [1.54, 1.807) is 0 Å². The predicted octanol–water partition coefficient (Wildman–Crippen LogP) is 1.03. The van der Waals surface area contributed by atoms with Crippen molar-refractivity contribution in [3.63, 3.8) is 0 Å². The van der Waals surface area contributed by atoms with Crippen LogP contribution in [0, 0.1) is 0 Å². The standard InChI is InChI=1S/C13H25N3O/c1-3-6-12-14-9-13(17)16(12)10-11(2)15-7-4-5-8-15/h11-12,14H,3-10H2,1-2H3. The molecule has 0 aliphatic carbocycles. The molecule has 2 rings (SSSR count). The summed E-state index contributed by atoms with van der Waals surface area (Å²) in [6, 6.07) is 0.501. The summed E-state index contributed by atoms with van der Waals surface area (Å²) in [7, 11) is 0. The lowest BCUT2D eigenvalue weighted by molar-refractivity contribution is -0.128. The zero-order valence-electron chi connectivity index (χ0n) is 11.1. The molecule has 2 fully saturated rings. The van der Waals surface area contributed by atoms with Crippen LogP contribution >= 0.6 is 0 Å². The minimum Gasteiger partial charge on any atom is -0.324 e. The summed E-state index contributed by atoms with van der Waals surface area (Å²) in [5.74, 6) is 0.273. The fourth-order valence-corrected chi connectivity index (χ4v) is 2.93. The number of nitrogens with one attached hydrogen (secondary N) is 1. The highest BCUT2D eigenvalue weighted by molar-refractivity contribution is 5.80. The molecule has 98 valence electrons. The van der Waals surface area contributed by atoms with Crippen LogP contribution in [0.4, 0.5) is 0 Å². The molecule has 2 aliphatic heterocycles. The van der Waals surface area contributed by atoms with Crippen LogP contribution < -0.4 is 5.32 Å². The number of hydrogen-bond acceptors (Lipinski definition) is 3. The molecule has 17 heavy (non-hydrogen) atoms. The smallest absolute Gasteiger partial charge is 0.237 e. The normalized spacial score (nSPS) is 28.0. The maximum atomic E-state index is 11.9. The summed E-state index contributed by atoms with van der Waals surface area (Å²) in [4.78, 5) is 16.4. The maximum Gasteiger partial charge on any atom is 0.237 e. The first-order valence-electron chi connectivity index (χ1n) is 6.99. The summed E-state index contributed by atoms with van der Waals surface area (Å²) in [5.41, 5.74) is 0. The zero-order chi connectivity index (χ0) is 12.3. The lowest BCUT2D eigenvalue weighted by atomic mass is 10.2. The minimum absolute atomic E-state index is 0.273. The average molecular weight is 239 g/mol. The predicted molar refractivity (Wildman–Crippen MR) is 68.7 cm³/mol. The Hall–Kier alpha value is -0.610. The molecule has 1 N–H and O–H groups in total. The third kappa shape index (κ3) is 2.99. The van der Waals surface area contributed by atoms with Gasteiger partial charge in [-0.2, -0.15) is 0 Å². The maximum absolute atomic E-state index is 11.9. The fraction of sp³-hybridized carbons (Fsp3) is 0.923. The molecule has 0 radical (unpaired) electrons. The van der Waals surface area contributed by atoms with Crippen LogP contribution in [0.15, 0.2) is 0 Å². The van der Waals surface area contributed by atoms with Crippen LogP contribution in [0.25, 0.3) is 0 Å². The Kier molecular flexibility index (Phi) is 4.40. The molecule has 2 heterocycles. The quantitative estimate of drug-likeness (QED) is 0.778. The molecule has 4 nitrogen and oxygen atoms in total. The molecule has 0 aromatic heterocycles. The van der Waals surface area contributed by atoms with Gasteiger partial charge in [0, 0.05) is 12.6 Å².